The van der Waals surface area contributed by atoms with Gasteiger partial charge in [-0.1, -0.05) is 75.5 Å². The second-order valence-corrected chi connectivity index (χ2v) is 10.8. The number of para-hydroxylation sites is 1. The number of rotatable bonds is 6. The van der Waals surface area contributed by atoms with Crippen LogP contribution in [0.15, 0.2) is 30.3 Å². The highest BCUT2D eigenvalue weighted by molar-refractivity contribution is 6.39. The van der Waals surface area contributed by atoms with E-state index in [1.807, 2.05) is 18.2 Å². The van der Waals surface area contributed by atoms with E-state index in [0.717, 1.165) is 35.4 Å². The Kier molecular flexibility index (Phi) is 7.20. The lowest BCUT2D eigenvalue weighted by Gasteiger charge is -2.43. The summed E-state index contributed by atoms with van der Waals surface area (Å²) in [6, 6.07) is 10.8. The fraction of sp³-hybridized carbons (Fsp3) is 0.556. The largest absolute Gasteiger partial charge is 0.368 e. The van der Waals surface area contributed by atoms with Crippen molar-refractivity contribution in [2.75, 3.05) is 31.1 Å². The van der Waals surface area contributed by atoms with Crippen LogP contribution in [0.4, 0.5) is 5.69 Å². The molecule has 168 valence electrons. The van der Waals surface area contributed by atoms with Crippen LogP contribution in [0.2, 0.25) is 10.0 Å². The van der Waals surface area contributed by atoms with Crippen LogP contribution in [0.25, 0.3) is 0 Å². The molecule has 0 radical (unpaired) electrons. The van der Waals surface area contributed by atoms with Gasteiger partial charge in [0.1, 0.15) is 0 Å². The molecule has 4 heteroatoms. The average Bonchev–Trinajstić information content (AvgIpc) is 2.70. The maximum atomic E-state index is 6.45. The van der Waals surface area contributed by atoms with Crippen molar-refractivity contribution in [2.24, 2.45) is 0 Å². The Morgan fingerprint density at radius 3 is 1.94 bits per heavy atom. The van der Waals surface area contributed by atoms with Crippen LogP contribution in [0.5, 0.6) is 0 Å². The Balaban J connectivity index is 1.60. The number of anilines is 1. The number of nitrogens with zero attached hydrogens (tertiary/aromatic N) is 2. The summed E-state index contributed by atoms with van der Waals surface area (Å²) in [5.41, 5.74) is 7.13. The molecule has 2 aliphatic rings. The van der Waals surface area contributed by atoms with Crippen molar-refractivity contribution >= 4 is 28.9 Å². The molecule has 2 heterocycles. The first kappa shape index (κ1) is 23.0. The van der Waals surface area contributed by atoms with Crippen molar-refractivity contribution in [3.63, 3.8) is 0 Å². The molecule has 2 nitrogen and oxygen atoms in total. The van der Waals surface area contributed by atoms with Gasteiger partial charge in [0.2, 0.25) is 0 Å². The molecule has 0 aliphatic carbocycles. The standard InChI is InChI=1S/C27H36Cl2N2/c1-18(2)22-13-20(21-15-31(16-21)27-25(28)9-8-10-26(27)29)14-23(19(3)4)24(22)17-30-11-6-5-7-12-30/h8-10,13-14,18-19,21H,5-7,11-12,15-17H2,1-4H3. The first-order valence-electron chi connectivity index (χ1n) is 11.9. The molecule has 2 fully saturated rings. The third-order valence-electron chi connectivity index (χ3n) is 7.02. The number of likely N-dealkylation sites (tertiary alicyclic amines) is 1. The van der Waals surface area contributed by atoms with E-state index in [9.17, 15) is 0 Å². The van der Waals surface area contributed by atoms with Crippen LogP contribution >= 0.6 is 23.2 Å². The van der Waals surface area contributed by atoms with E-state index in [-0.39, 0.29) is 0 Å². The van der Waals surface area contributed by atoms with E-state index < -0.39 is 0 Å². The highest BCUT2D eigenvalue weighted by Gasteiger charge is 2.32. The maximum absolute atomic E-state index is 6.45. The lowest BCUT2D eigenvalue weighted by molar-refractivity contribution is 0.219. The van der Waals surface area contributed by atoms with Crippen molar-refractivity contribution in [1.82, 2.24) is 4.90 Å². The van der Waals surface area contributed by atoms with Crippen LogP contribution in [0.3, 0.4) is 0 Å². The van der Waals surface area contributed by atoms with Gasteiger partial charge in [0, 0.05) is 25.6 Å². The Morgan fingerprint density at radius 1 is 0.871 bits per heavy atom. The molecule has 0 N–H and O–H groups in total. The minimum atomic E-state index is 0.534. The molecule has 2 aromatic rings. The summed E-state index contributed by atoms with van der Waals surface area (Å²) >= 11 is 12.9. The zero-order valence-electron chi connectivity index (χ0n) is 19.4. The Labute approximate surface area is 198 Å². The highest BCUT2D eigenvalue weighted by atomic mass is 35.5. The fourth-order valence-corrected chi connectivity index (χ4v) is 5.83. The lowest BCUT2D eigenvalue weighted by Crippen LogP contribution is -2.45. The fourth-order valence-electron chi connectivity index (χ4n) is 5.19. The normalized spacial score (nSPS) is 18.1. The second kappa shape index (κ2) is 9.73. The van der Waals surface area contributed by atoms with Gasteiger partial charge in [-0.15, -0.1) is 0 Å². The molecule has 0 atom stereocenters. The summed E-state index contributed by atoms with van der Waals surface area (Å²) in [4.78, 5) is 4.99. The second-order valence-electron chi connectivity index (χ2n) is 10.00. The molecular formula is C27H36Cl2N2. The van der Waals surface area contributed by atoms with Crippen LogP contribution in [0, 0.1) is 0 Å². The maximum Gasteiger partial charge on any atom is 0.0745 e. The molecule has 2 aromatic carbocycles. The average molecular weight is 460 g/mol. The summed E-state index contributed by atoms with van der Waals surface area (Å²) in [5.74, 6) is 1.60. The van der Waals surface area contributed by atoms with Crippen molar-refractivity contribution in [3.8, 4) is 0 Å². The third-order valence-corrected chi connectivity index (χ3v) is 7.63. The van der Waals surface area contributed by atoms with Gasteiger partial charge in [-0.25, -0.2) is 0 Å². The van der Waals surface area contributed by atoms with Gasteiger partial charge in [0.15, 0.2) is 0 Å². The number of hydrogen-bond donors (Lipinski definition) is 0. The van der Waals surface area contributed by atoms with E-state index in [1.54, 1.807) is 16.7 Å². The Morgan fingerprint density at radius 2 is 1.42 bits per heavy atom. The van der Waals surface area contributed by atoms with Gasteiger partial charge in [0.05, 0.1) is 15.7 Å². The molecule has 0 spiro atoms. The molecule has 4 rings (SSSR count). The predicted octanol–water partition coefficient (Wildman–Crippen LogP) is 7.83. The first-order valence-corrected chi connectivity index (χ1v) is 12.7. The summed E-state index contributed by atoms with van der Waals surface area (Å²) in [6.07, 6.45) is 4.07. The Hall–Kier alpha value is -1.22. The van der Waals surface area contributed by atoms with Gasteiger partial charge in [-0.05, 0) is 72.2 Å². The lowest BCUT2D eigenvalue weighted by atomic mass is 9.81. The SMILES string of the molecule is CC(C)c1cc(C2CN(c3c(Cl)cccc3Cl)C2)cc(C(C)C)c1CN1CCCCC1. The molecule has 0 amide bonds. The zero-order chi connectivity index (χ0) is 22.1. The summed E-state index contributed by atoms with van der Waals surface area (Å²) in [6.45, 7) is 14.9. The van der Waals surface area contributed by atoms with Crippen LogP contribution < -0.4 is 4.90 Å². The number of piperidine rings is 1. The number of halogens is 2. The molecular weight excluding hydrogens is 423 g/mol. The Bertz CT molecular complexity index is 860. The minimum absolute atomic E-state index is 0.534. The minimum Gasteiger partial charge on any atom is -0.368 e. The van der Waals surface area contributed by atoms with E-state index >= 15 is 0 Å². The summed E-state index contributed by atoms with van der Waals surface area (Å²) in [7, 11) is 0. The van der Waals surface area contributed by atoms with Crippen molar-refractivity contribution in [3.05, 3.63) is 62.6 Å². The molecule has 0 saturated carbocycles. The van der Waals surface area contributed by atoms with Crippen molar-refractivity contribution in [1.29, 1.82) is 0 Å². The molecule has 31 heavy (non-hydrogen) atoms. The smallest absolute Gasteiger partial charge is 0.0745 e. The van der Waals surface area contributed by atoms with E-state index in [0.29, 0.717) is 17.8 Å². The monoisotopic (exact) mass is 458 g/mol. The van der Waals surface area contributed by atoms with Crippen LogP contribution in [-0.4, -0.2) is 31.1 Å². The van der Waals surface area contributed by atoms with Gasteiger partial charge in [-0.2, -0.15) is 0 Å². The summed E-state index contributed by atoms with van der Waals surface area (Å²) in [5, 5.41) is 1.49. The predicted molar refractivity (Wildman–Crippen MR) is 135 cm³/mol. The van der Waals surface area contributed by atoms with E-state index in [1.165, 1.54) is 37.9 Å². The van der Waals surface area contributed by atoms with Gasteiger partial charge < -0.3 is 4.90 Å². The molecule has 0 bridgehead atoms. The first-order chi connectivity index (χ1) is 14.8. The number of benzene rings is 2. The van der Waals surface area contributed by atoms with Gasteiger partial charge in [0.25, 0.3) is 0 Å². The quantitative estimate of drug-likeness (QED) is 0.434. The third kappa shape index (κ3) is 4.92. The zero-order valence-corrected chi connectivity index (χ0v) is 20.9. The molecule has 2 aliphatic heterocycles. The van der Waals surface area contributed by atoms with E-state index in [2.05, 4.69) is 49.6 Å². The topological polar surface area (TPSA) is 6.48 Å². The summed E-state index contributed by atoms with van der Waals surface area (Å²) < 4.78 is 0. The molecule has 0 aromatic heterocycles. The van der Waals surface area contributed by atoms with Crippen LogP contribution in [0.1, 0.15) is 87.0 Å². The van der Waals surface area contributed by atoms with Gasteiger partial charge >= 0.3 is 0 Å². The van der Waals surface area contributed by atoms with Gasteiger partial charge in [-0.3, -0.25) is 4.90 Å². The van der Waals surface area contributed by atoms with Crippen LogP contribution in [-0.2, 0) is 6.54 Å². The highest BCUT2D eigenvalue weighted by Crippen LogP contribution is 2.42. The van der Waals surface area contributed by atoms with E-state index in [4.69, 9.17) is 23.2 Å². The molecule has 2 saturated heterocycles. The molecule has 0 unspecified atom stereocenters. The van der Waals surface area contributed by atoms with Crippen molar-refractivity contribution in [2.45, 2.75) is 71.3 Å². The number of hydrogen-bond acceptors (Lipinski definition) is 2. The van der Waals surface area contributed by atoms with Crippen molar-refractivity contribution < 1.29 is 0 Å².